The van der Waals surface area contributed by atoms with E-state index in [1.807, 2.05) is 36.4 Å². The summed E-state index contributed by atoms with van der Waals surface area (Å²) >= 11 is 0. The monoisotopic (exact) mass is 359 g/mol. The van der Waals surface area contributed by atoms with Gasteiger partial charge in [-0.05, 0) is 62.6 Å². The summed E-state index contributed by atoms with van der Waals surface area (Å²) in [6, 6.07) is 24.8. The highest BCUT2D eigenvalue weighted by Gasteiger charge is 2.22. The molecule has 0 bridgehead atoms. The topological polar surface area (TPSA) is 21.7 Å². The predicted octanol–water partition coefficient (Wildman–Crippen LogP) is 6.49. The second-order valence-corrected chi connectivity index (χ2v) is 6.91. The molecule has 0 saturated heterocycles. The largest absolute Gasteiger partial charge is 0.494 e. The van der Waals surface area contributed by atoms with Crippen LogP contribution in [0, 0.1) is 6.92 Å². The van der Waals surface area contributed by atoms with Crippen molar-refractivity contribution >= 4 is 11.4 Å². The molecule has 0 atom stereocenters. The molecule has 0 aliphatic carbocycles. The Hall–Kier alpha value is -2.94. The molecule has 0 aromatic heterocycles. The van der Waals surface area contributed by atoms with Crippen molar-refractivity contribution in [3.8, 4) is 17.2 Å². The predicted molar refractivity (Wildman–Crippen MR) is 110 cm³/mol. The molecule has 3 nitrogen and oxygen atoms in total. The molecule has 3 aromatic carbocycles. The minimum absolute atomic E-state index is 0.763. The number of hydrogen-bond donors (Lipinski definition) is 0. The molecular weight excluding hydrogens is 334 g/mol. The van der Waals surface area contributed by atoms with E-state index in [2.05, 4.69) is 48.2 Å². The van der Waals surface area contributed by atoms with Crippen LogP contribution in [0.25, 0.3) is 0 Å². The zero-order valence-corrected chi connectivity index (χ0v) is 15.7. The van der Waals surface area contributed by atoms with Crippen LogP contribution in [-0.4, -0.2) is 13.2 Å². The van der Waals surface area contributed by atoms with E-state index in [1.54, 1.807) is 0 Å². The summed E-state index contributed by atoms with van der Waals surface area (Å²) in [6.07, 6.45) is 3.30. The van der Waals surface area contributed by atoms with Crippen molar-refractivity contribution in [2.24, 2.45) is 0 Å². The molecule has 1 aliphatic heterocycles. The van der Waals surface area contributed by atoms with Gasteiger partial charge in [0.05, 0.1) is 18.0 Å². The highest BCUT2D eigenvalue weighted by atomic mass is 16.5. The number of nitrogens with zero attached hydrogens (tertiary/aromatic N) is 1. The molecular formula is C24H25NO2. The van der Waals surface area contributed by atoms with Gasteiger partial charge in [0.15, 0.2) is 11.5 Å². The zero-order valence-electron chi connectivity index (χ0n) is 15.7. The van der Waals surface area contributed by atoms with Crippen molar-refractivity contribution in [1.29, 1.82) is 0 Å². The average Bonchev–Trinajstić information content (AvgIpc) is 2.71. The third-order valence-corrected chi connectivity index (χ3v) is 4.85. The summed E-state index contributed by atoms with van der Waals surface area (Å²) in [7, 11) is 0. The molecule has 0 saturated carbocycles. The van der Waals surface area contributed by atoms with Crippen LogP contribution in [0.15, 0.2) is 72.8 Å². The van der Waals surface area contributed by atoms with E-state index in [4.69, 9.17) is 9.47 Å². The van der Waals surface area contributed by atoms with E-state index in [-0.39, 0.29) is 0 Å². The van der Waals surface area contributed by atoms with Crippen molar-refractivity contribution in [1.82, 2.24) is 0 Å². The first-order chi connectivity index (χ1) is 13.3. The number of aryl methyl sites for hydroxylation is 1. The molecule has 0 unspecified atom stereocenters. The van der Waals surface area contributed by atoms with Crippen molar-refractivity contribution < 1.29 is 9.47 Å². The van der Waals surface area contributed by atoms with Crippen LogP contribution in [0.2, 0.25) is 0 Å². The lowest BCUT2D eigenvalue weighted by atomic mass is 10.1. The second-order valence-electron chi connectivity index (χ2n) is 6.91. The summed E-state index contributed by atoms with van der Waals surface area (Å²) in [6.45, 7) is 3.83. The maximum absolute atomic E-state index is 6.05. The lowest BCUT2D eigenvalue weighted by Crippen LogP contribution is -2.22. The quantitative estimate of drug-likeness (QED) is 0.450. The highest BCUT2D eigenvalue weighted by molar-refractivity contribution is 5.77. The van der Waals surface area contributed by atoms with Gasteiger partial charge in [-0.2, -0.15) is 0 Å². The number of anilines is 2. The number of benzene rings is 3. The Kier molecular flexibility index (Phi) is 5.29. The number of fused-ring (bicyclic) bond motifs is 2. The maximum Gasteiger partial charge on any atom is 0.151 e. The fraction of sp³-hybridized carbons (Fsp3) is 0.250. The summed E-state index contributed by atoms with van der Waals surface area (Å²) in [4.78, 5) is 2.37. The third kappa shape index (κ3) is 4.08. The molecule has 138 valence electrons. The van der Waals surface area contributed by atoms with Gasteiger partial charge >= 0.3 is 0 Å². The maximum atomic E-state index is 6.05. The van der Waals surface area contributed by atoms with E-state index >= 15 is 0 Å². The fourth-order valence-electron chi connectivity index (χ4n) is 3.40. The Morgan fingerprint density at radius 1 is 0.741 bits per heavy atom. The first-order valence-electron chi connectivity index (χ1n) is 9.64. The van der Waals surface area contributed by atoms with Gasteiger partial charge in [-0.3, -0.25) is 0 Å². The number of unbranched alkanes of at least 4 members (excludes halogenated alkanes) is 2. The van der Waals surface area contributed by atoms with Gasteiger partial charge in [-0.1, -0.05) is 42.0 Å². The Morgan fingerprint density at radius 2 is 1.37 bits per heavy atom. The summed E-state index contributed by atoms with van der Waals surface area (Å²) in [5.41, 5.74) is 3.55. The third-order valence-electron chi connectivity index (χ3n) is 4.85. The lowest BCUT2D eigenvalue weighted by molar-refractivity contribution is 0.305. The summed E-state index contributed by atoms with van der Waals surface area (Å²) < 4.78 is 11.9. The van der Waals surface area contributed by atoms with Crippen LogP contribution in [0.4, 0.5) is 11.4 Å². The van der Waals surface area contributed by atoms with Crippen LogP contribution in [0.5, 0.6) is 17.2 Å². The van der Waals surface area contributed by atoms with Gasteiger partial charge in [0.25, 0.3) is 0 Å². The number of hydrogen-bond acceptors (Lipinski definition) is 3. The van der Waals surface area contributed by atoms with Gasteiger partial charge < -0.3 is 14.4 Å². The fourth-order valence-corrected chi connectivity index (χ4v) is 3.40. The summed E-state index contributed by atoms with van der Waals surface area (Å²) in [5, 5.41) is 0. The Bertz CT molecular complexity index is 843. The highest BCUT2D eigenvalue weighted by Crippen LogP contribution is 2.46. The summed E-state index contributed by atoms with van der Waals surface area (Å²) in [5.74, 6) is 2.81. The molecule has 0 fully saturated rings. The number of para-hydroxylation sites is 4. The van der Waals surface area contributed by atoms with E-state index in [9.17, 15) is 0 Å². The normalized spacial score (nSPS) is 12.1. The molecule has 0 N–H and O–H groups in total. The van der Waals surface area contributed by atoms with Gasteiger partial charge in [-0.25, -0.2) is 0 Å². The van der Waals surface area contributed by atoms with E-state index in [1.165, 1.54) is 5.56 Å². The van der Waals surface area contributed by atoms with E-state index < -0.39 is 0 Å². The van der Waals surface area contributed by atoms with Crippen molar-refractivity contribution in [2.75, 3.05) is 18.1 Å². The molecule has 0 spiro atoms. The lowest BCUT2D eigenvalue weighted by Gasteiger charge is -2.32. The number of rotatable bonds is 7. The van der Waals surface area contributed by atoms with Crippen LogP contribution < -0.4 is 14.4 Å². The molecule has 1 heterocycles. The number of ether oxygens (including phenoxy) is 2. The van der Waals surface area contributed by atoms with Crippen LogP contribution in [0.1, 0.15) is 24.8 Å². The Balaban J connectivity index is 1.31. The standard InChI is InChI=1S/C24H25NO2/c1-19-13-15-20(16-14-19)26-18-8-2-7-17-25-21-9-3-5-11-23(21)27-24-12-6-4-10-22(24)25/h3-6,9-16H,2,7-8,17-18H2,1H3. The SMILES string of the molecule is Cc1ccc(OCCCCCN2c3ccccc3Oc3ccccc32)cc1. The van der Waals surface area contributed by atoms with Crippen molar-refractivity contribution in [3.63, 3.8) is 0 Å². The van der Waals surface area contributed by atoms with Gasteiger partial charge in [0.1, 0.15) is 5.75 Å². The van der Waals surface area contributed by atoms with E-state index in [0.29, 0.717) is 0 Å². The minimum Gasteiger partial charge on any atom is -0.494 e. The average molecular weight is 359 g/mol. The Labute approximate surface area is 161 Å². The first kappa shape index (κ1) is 17.5. The van der Waals surface area contributed by atoms with Crippen LogP contribution in [-0.2, 0) is 0 Å². The van der Waals surface area contributed by atoms with Crippen molar-refractivity contribution in [3.05, 3.63) is 78.4 Å². The van der Waals surface area contributed by atoms with Gasteiger partial charge in [0, 0.05) is 6.54 Å². The molecule has 0 radical (unpaired) electrons. The first-order valence-corrected chi connectivity index (χ1v) is 9.64. The van der Waals surface area contributed by atoms with Crippen LogP contribution >= 0.6 is 0 Å². The van der Waals surface area contributed by atoms with Crippen molar-refractivity contribution in [2.45, 2.75) is 26.2 Å². The molecule has 3 heteroatoms. The van der Waals surface area contributed by atoms with E-state index in [0.717, 1.165) is 61.0 Å². The minimum atomic E-state index is 0.763. The molecule has 27 heavy (non-hydrogen) atoms. The van der Waals surface area contributed by atoms with Gasteiger partial charge in [0.2, 0.25) is 0 Å². The molecule has 1 aliphatic rings. The molecule has 4 rings (SSSR count). The molecule has 0 amide bonds. The van der Waals surface area contributed by atoms with Gasteiger partial charge in [-0.15, -0.1) is 0 Å². The smallest absolute Gasteiger partial charge is 0.151 e. The van der Waals surface area contributed by atoms with Crippen LogP contribution in [0.3, 0.4) is 0 Å². The Morgan fingerprint density at radius 3 is 2.04 bits per heavy atom. The molecule has 3 aromatic rings. The second kappa shape index (κ2) is 8.17. The zero-order chi connectivity index (χ0) is 18.5.